The van der Waals surface area contributed by atoms with Gasteiger partial charge >= 0.3 is 0 Å². The Balaban J connectivity index is 1.29. The molecule has 2 heterocycles. The number of pyridine rings is 2. The van der Waals surface area contributed by atoms with Gasteiger partial charge in [0.2, 0.25) is 0 Å². The van der Waals surface area contributed by atoms with Crippen molar-refractivity contribution in [3.63, 3.8) is 0 Å². The standard InChI is InChI=1S/C36H34N2/c1-35(2)31-19-30-28-16-18-38(22-26-13-9-6-10-14-26)24-34(28)36(3,4)32(30)20-29(31)27-15-17-37(23-33(27)35)21-25-11-7-5-8-12-25/h5-20,23-24H,21-22H2,1-4H3/q+2. The van der Waals surface area contributed by atoms with Gasteiger partial charge in [-0.2, -0.15) is 0 Å². The summed E-state index contributed by atoms with van der Waals surface area (Å²) in [6.45, 7) is 11.3. The van der Waals surface area contributed by atoms with Gasteiger partial charge in [0, 0.05) is 45.2 Å². The summed E-state index contributed by atoms with van der Waals surface area (Å²) in [5, 5.41) is 0. The maximum Gasteiger partial charge on any atom is 0.173 e. The molecule has 2 aromatic heterocycles. The van der Waals surface area contributed by atoms with Gasteiger partial charge in [-0.25, -0.2) is 9.13 Å². The Morgan fingerprint density at radius 3 is 1.26 bits per heavy atom. The van der Waals surface area contributed by atoms with Gasteiger partial charge in [-0.1, -0.05) is 88.4 Å². The van der Waals surface area contributed by atoms with Gasteiger partial charge in [-0.3, -0.25) is 0 Å². The van der Waals surface area contributed by atoms with Gasteiger partial charge in [0.15, 0.2) is 37.9 Å². The number of hydrogen-bond donors (Lipinski definition) is 0. The molecule has 38 heavy (non-hydrogen) atoms. The minimum absolute atomic E-state index is 0.0473. The third-order valence-electron chi connectivity index (χ3n) is 8.88. The summed E-state index contributed by atoms with van der Waals surface area (Å²) >= 11 is 0. The first-order valence-corrected chi connectivity index (χ1v) is 13.7. The molecule has 0 N–H and O–H groups in total. The van der Waals surface area contributed by atoms with Gasteiger partial charge in [-0.05, 0) is 45.5 Å². The van der Waals surface area contributed by atoms with Crippen LogP contribution in [0.3, 0.4) is 0 Å². The van der Waals surface area contributed by atoms with E-state index >= 15 is 0 Å². The number of aromatic nitrogens is 2. The summed E-state index contributed by atoms with van der Waals surface area (Å²) in [7, 11) is 0. The minimum atomic E-state index is -0.0473. The molecular weight excluding hydrogens is 460 g/mol. The molecule has 186 valence electrons. The molecule has 0 radical (unpaired) electrons. The zero-order valence-corrected chi connectivity index (χ0v) is 22.7. The molecule has 0 fully saturated rings. The van der Waals surface area contributed by atoms with Crippen LogP contribution in [0.15, 0.2) is 110 Å². The molecule has 0 unspecified atom stereocenters. The van der Waals surface area contributed by atoms with Crippen molar-refractivity contribution in [2.24, 2.45) is 0 Å². The number of hydrogen-bond acceptors (Lipinski definition) is 0. The second kappa shape index (κ2) is 8.23. The zero-order chi connectivity index (χ0) is 26.1. The number of rotatable bonds is 4. The van der Waals surface area contributed by atoms with E-state index in [-0.39, 0.29) is 10.8 Å². The van der Waals surface area contributed by atoms with Gasteiger partial charge in [0.05, 0.1) is 0 Å². The van der Waals surface area contributed by atoms with Crippen molar-refractivity contribution in [1.29, 1.82) is 0 Å². The van der Waals surface area contributed by atoms with Gasteiger partial charge in [0.1, 0.15) is 0 Å². The van der Waals surface area contributed by atoms with E-state index in [1.165, 1.54) is 55.6 Å². The van der Waals surface area contributed by atoms with E-state index < -0.39 is 0 Å². The van der Waals surface area contributed by atoms with Crippen LogP contribution < -0.4 is 9.13 Å². The minimum Gasteiger partial charge on any atom is -0.200 e. The normalized spacial score (nSPS) is 15.5. The highest BCUT2D eigenvalue weighted by molar-refractivity contribution is 5.88. The van der Waals surface area contributed by atoms with E-state index in [0.29, 0.717) is 0 Å². The molecule has 3 aromatic carbocycles. The molecule has 0 amide bonds. The fraction of sp³-hybridized carbons (Fsp3) is 0.222. The van der Waals surface area contributed by atoms with Crippen LogP contribution in [0.5, 0.6) is 0 Å². The average Bonchev–Trinajstić information content (AvgIpc) is 3.28. The van der Waals surface area contributed by atoms with Crippen molar-refractivity contribution in [2.45, 2.75) is 51.6 Å². The van der Waals surface area contributed by atoms with Crippen molar-refractivity contribution >= 4 is 0 Å². The highest BCUT2D eigenvalue weighted by Gasteiger charge is 2.43. The van der Waals surface area contributed by atoms with Crippen molar-refractivity contribution < 1.29 is 9.13 Å². The van der Waals surface area contributed by atoms with Crippen LogP contribution in [0, 0.1) is 0 Å². The van der Waals surface area contributed by atoms with E-state index in [1.54, 1.807) is 0 Å². The number of fused-ring (bicyclic) bond motifs is 6. The van der Waals surface area contributed by atoms with Crippen molar-refractivity contribution in [3.05, 3.63) is 143 Å². The highest BCUT2D eigenvalue weighted by atomic mass is 14.9. The van der Waals surface area contributed by atoms with Gasteiger partial charge < -0.3 is 0 Å². The first kappa shape index (κ1) is 23.1. The van der Waals surface area contributed by atoms with Crippen LogP contribution in [0.2, 0.25) is 0 Å². The Hall–Kier alpha value is -4.04. The van der Waals surface area contributed by atoms with E-state index in [1.807, 2.05) is 0 Å². The van der Waals surface area contributed by atoms with Crippen LogP contribution in [-0.4, -0.2) is 0 Å². The average molecular weight is 495 g/mol. The van der Waals surface area contributed by atoms with Crippen LogP contribution in [0.25, 0.3) is 22.3 Å². The highest BCUT2D eigenvalue weighted by Crippen LogP contribution is 2.55. The second-order valence-corrected chi connectivity index (χ2v) is 12.1. The second-order valence-electron chi connectivity index (χ2n) is 12.1. The topological polar surface area (TPSA) is 7.76 Å². The van der Waals surface area contributed by atoms with Crippen molar-refractivity contribution in [1.82, 2.24) is 0 Å². The van der Waals surface area contributed by atoms with E-state index in [4.69, 9.17) is 0 Å². The molecule has 0 bridgehead atoms. The lowest BCUT2D eigenvalue weighted by Gasteiger charge is -2.23. The van der Waals surface area contributed by atoms with Crippen molar-refractivity contribution in [2.75, 3.05) is 0 Å². The largest absolute Gasteiger partial charge is 0.200 e. The van der Waals surface area contributed by atoms with E-state index in [0.717, 1.165) is 13.1 Å². The molecule has 2 heteroatoms. The Kier molecular flexibility index (Phi) is 5.00. The molecule has 2 aliphatic rings. The van der Waals surface area contributed by atoms with Crippen LogP contribution in [-0.2, 0) is 23.9 Å². The molecule has 0 atom stereocenters. The number of benzene rings is 3. The van der Waals surface area contributed by atoms with E-state index in [9.17, 15) is 0 Å². The first-order valence-electron chi connectivity index (χ1n) is 13.7. The lowest BCUT2D eigenvalue weighted by Crippen LogP contribution is -2.35. The molecule has 7 rings (SSSR count). The molecule has 0 saturated carbocycles. The molecule has 0 saturated heterocycles. The summed E-state index contributed by atoms with van der Waals surface area (Å²) < 4.78 is 4.67. The Bertz CT molecular complexity index is 1570. The fourth-order valence-electron chi connectivity index (χ4n) is 6.70. The Morgan fingerprint density at radius 2 is 0.868 bits per heavy atom. The molecule has 2 aliphatic carbocycles. The van der Waals surface area contributed by atoms with Gasteiger partial charge in [0.25, 0.3) is 0 Å². The number of nitrogens with zero attached hydrogens (tertiary/aromatic N) is 2. The van der Waals surface area contributed by atoms with Crippen LogP contribution >= 0.6 is 0 Å². The fourth-order valence-corrected chi connectivity index (χ4v) is 6.70. The maximum absolute atomic E-state index is 2.50. The smallest absolute Gasteiger partial charge is 0.173 e. The Labute approximate surface area is 225 Å². The molecule has 0 aliphatic heterocycles. The molecule has 5 aromatic rings. The zero-order valence-electron chi connectivity index (χ0n) is 22.7. The predicted molar refractivity (Wildman–Crippen MR) is 153 cm³/mol. The lowest BCUT2D eigenvalue weighted by atomic mass is 9.79. The SMILES string of the molecule is CC1(C)c2cc3c(cc2-c2cc[n+](Cc4ccccc4)cc21)C(C)(C)c1c[n+](Cc2ccccc2)ccc1-3. The summed E-state index contributed by atoms with van der Waals surface area (Å²) in [6.07, 6.45) is 9.24. The summed E-state index contributed by atoms with van der Waals surface area (Å²) in [5.74, 6) is 0. The van der Waals surface area contributed by atoms with Crippen LogP contribution in [0.4, 0.5) is 0 Å². The Morgan fingerprint density at radius 1 is 0.474 bits per heavy atom. The first-order chi connectivity index (χ1) is 18.3. The predicted octanol–water partition coefficient (Wildman–Crippen LogP) is 6.97. The lowest BCUT2D eigenvalue weighted by molar-refractivity contribution is -0.688. The van der Waals surface area contributed by atoms with Crippen LogP contribution in [0.1, 0.15) is 61.1 Å². The molecule has 0 spiro atoms. The summed E-state index contributed by atoms with van der Waals surface area (Å²) in [5.41, 5.74) is 13.8. The molecule has 2 nitrogen and oxygen atoms in total. The third kappa shape index (κ3) is 3.47. The van der Waals surface area contributed by atoms with E-state index in [2.05, 4.69) is 147 Å². The summed E-state index contributed by atoms with van der Waals surface area (Å²) in [6, 6.07) is 31.1. The van der Waals surface area contributed by atoms with Crippen molar-refractivity contribution in [3.8, 4) is 22.3 Å². The quantitative estimate of drug-likeness (QED) is 0.238. The maximum atomic E-state index is 2.50. The monoisotopic (exact) mass is 494 g/mol. The molecular formula is C36H34N2+2. The third-order valence-corrected chi connectivity index (χ3v) is 8.88. The summed E-state index contributed by atoms with van der Waals surface area (Å²) in [4.78, 5) is 0. The van der Waals surface area contributed by atoms with Gasteiger partial charge in [-0.15, -0.1) is 0 Å².